The second-order valence-electron chi connectivity index (χ2n) is 3.35. The topological polar surface area (TPSA) is 43.4 Å². The number of unbranched alkanes of at least 4 members (excludes halogenated alkanes) is 2. The Labute approximate surface area is 91.2 Å². The van der Waals surface area contributed by atoms with Crippen molar-refractivity contribution in [1.82, 2.24) is 0 Å². The molecular weight excluding hydrogens is 192 g/mol. The van der Waals surface area contributed by atoms with Crippen molar-refractivity contribution < 1.29 is 14.3 Å². The number of carbonyl (C=O) groups is 2. The predicted molar refractivity (Wildman–Crippen MR) is 58.1 cm³/mol. The molecule has 1 atom stereocenters. The van der Waals surface area contributed by atoms with Crippen LogP contribution in [0.5, 0.6) is 0 Å². The van der Waals surface area contributed by atoms with Gasteiger partial charge >= 0.3 is 5.97 Å². The molecular formula is C12H18O3. The van der Waals surface area contributed by atoms with Crippen LogP contribution >= 0.6 is 0 Å². The summed E-state index contributed by atoms with van der Waals surface area (Å²) >= 11 is 0. The molecule has 0 N–H and O–H groups in total. The van der Waals surface area contributed by atoms with E-state index in [0.717, 1.165) is 12.8 Å². The fraction of sp³-hybridized carbons (Fsp3) is 0.667. The minimum atomic E-state index is -0.643. The zero-order chi connectivity index (χ0) is 11.7. The van der Waals surface area contributed by atoms with Gasteiger partial charge in [0, 0.05) is 12.8 Å². The molecule has 84 valence electrons. The summed E-state index contributed by atoms with van der Waals surface area (Å²) in [6.45, 7) is 3.62. The highest BCUT2D eigenvalue weighted by atomic mass is 16.5. The fourth-order valence-electron chi connectivity index (χ4n) is 1.14. The fourth-order valence-corrected chi connectivity index (χ4v) is 1.14. The molecule has 0 fully saturated rings. The molecule has 0 aromatic heterocycles. The molecule has 0 aliphatic heterocycles. The summed E-state index contributed by atoms with van der Waals surface area (Å²) in [4.78, 5) is 22.7. The van der Waals surface area contributed by atoms with Gasteiger partial charge in [-0.25, -0.2) is 0 Å². The Morgan fingerprint density at radius 3 is 2.60 bits per heavy atom. The molecule has 0 radical (unpaired) electrons. The van der Waals surface area contributed by atoms with E-state index in [-0.39, 0.29) is 5.78 Å². The summed E-state index contributed by atoms with van der Waals surface area (Å²) < 4.78 is 4.76. The van der Waals surface area contributed by atoms with E-state index in [2.05, 4.69) is 5.92 Å². The van der Waals surface area contributed by atoms with Crippen LogP contribution in [0.25, 0.3) is 0 Å². The van der Waals surface area contributed by atoms with Gasteiger partial charge < -0.3 is 4.74 Å². The van der Waals surface area contributed by atoms with Gasteiger partial charge in [-0.1, -0.05) is 0 Å². The van der Waals surface area contributed by atoms with E-state index in [1.54, 1.807) is 13.8 Å². The Kier molecular flexibility index (Phi) is 7.35. The summed E-state index contributed by atoms with van der Waals surface area (Å²) in [6, 6.07) is 0. The molecule has 3 heteroatoms. The molecule has 0 saturated carbocycles. The van der Waals surface area contributed by atoms with Gasteiger partial charge in [-0.15, -0.1) is 12.3 Å². The average molecular weight is 210 g/mol. The van der Waals surface area contributed by atoms with Crippen molar-refractivity contribution >= 4 is 11.8 Å². The Morgan fingerprint density at radius 1 is 1.40 bits per heavy atom. The maximum Gasteiger partial charge on any atom is 0.316 e. The summed E-state index contributed by atoms with van der Waals surface area (Å²) in [7, 11) is 0. The van der Waals surface area contributed by atoms with E-state index in [1.807, 2.05) is 0 Å². The van der Waals surface area contributed by atoms with Crippen LogP contribution in [0.3, 0.4) is 0 Å². The summed E-state index contributed by atoms with van der Waals surface area (Å²) in [5.41, 5.74) is 0. The third-order valence-electron chi connectivity index (χ3n) is 2.12. The minimum absolute atomic E-state index is 0.0644. The number of carbonyl (C=O) groups excluding carboxylic acids is 2. The molecule has 0 spiro atoms. The number of Topliss-reactive ketones (excluding diaryl/α,β-unsaturated/α-hetero) is 1. The molecule has 0 aromatic carbocycles. The first-order valence-electron chi connectivity index (χ1n) is 5.26. The van der Waals surface area contributed by atoms with E-state index in [0.29, 0.717) is 19.4 Å². The summed E-state index contributed by atoms with van der Waals surface area (Å²) in [5, 5.41) is 0. The molecule has 0 rings (SSSR count). The molecule has 0 bridgehead atoms. The molecule has 0 aromatic rings. The van der Waals surface area contributed by atoms with Crippen LogP contribution in [0.2, 0.25) is 0 Å². The predicted octanol–water partition coefficient (Wildman–Crippen LogP) is 1.95. The maximum atomic E-state index is 11.5. The third kappa shape index (κ3) is 5.90. The Hall–Kier alpha value is -1.30. The highest BCUT2D eigenvalue weighted by molar-refractivity contribution is 5.98. The van der Waals surface area contributed by atoms with Crippen molar-refractivity contribution in [3.63, 3.8) is 0 Å². The highest BCUT2D eigenvalue weighted by Crippen LogP contribution is 2.08. The summed E-state index contributed by atoms with van der Waals surface area (Å²) in [5.74, 6) is 1.37. The van der Waals surface area contributed by atoms with E-state index < -0.39 is 11.9 Å². The Bertz CT molecular complexity index is 250. The molecule has 0 amide bonds. The van der Waals surface area contributed by atoms with Gasteiger partial charge in [0.05, 0.1) is 6.61 Å². The van der Waals surface area contributed by atoms with Crippen molar-refractivity contribution in [2.24, 2.45) is 5.92 Å². The van der Waals surface area contributed by atoms with Crippen molar-refractivity contribution in [3.8, 4) is 12.3 Å². The SMILES string of the molecule is C#CCCCCC(=O)C(C)C(=O)OCC. The first kappa shape index (κ1) is 13.7. The number of esters is 1. The quantitative estimate of drug-likeness (QED) is 0.279. The molecule has 0 aliphatic carbocycles. The van der Waals surface area contributed by atoms with Crippen molar-refractivity contribution in [3.05, 3.63) is 0 Å². The van der Waals surface area contributed by atoms with Gasteiger partial charge in [0.25, 0.3) is 0 Å². The second-order valence-corrected chi connectivity index (χ2v) is 3.35. The molecule has 1 unspecified atom stereocenters. The first-order chi connectivity index (χ1) is 7.13. The number of ether oxygens (including phenoxy) is 1. The smallest absolute Gasteiger partial charge is 0.316 e. The van der Waals surface area contributed by atoms with Crippen LogP contribution in [0, 0.1) is 18.3 Å². The lowest BCUT2D eigenvalue weighted by Gasteiger charge is -2.08. The Balaban J connectivity index is 3.79. The van der Waals surface area contributed by atoms with E-state index in [1.165, 1.54) is 0 Å². The number of ketones is 1. The lowest BCUT2D eigenvalue weighted by molar-refractivity contribution is -0.150. The van der Waals surface area contributed by atoms with Crippen LogP contribution in [-0.2, 0) is 14.3 Å². The lowest BCUT2D eigenvalue weighted by Crippen LogP contribution is -2.23. The Morgan fingerprint density at radius 2 is 2.07 bits per heavy atom. The zero-order valence-corrected chi connectivity index (χ0v) is 9.41. The number of hydrogen-bond acceptors (Lipinski definition) is 3. The van der Waals surface area contributed by atoms with E-state index >= 15 is 0 Å². The largest absolute Gasteiger partial charge is 0.465 e. The van der Waals surface area contributed by atoms with Crippen molar-refractivity contribution in [2.45, 2.75) is 39.5 Å². The van der Waals surface area contributed by atoms with Crippen LogP contribution in [0.1, 0.15) is 39.5 Å². The lowest BCUT2D eigenvalue weighted by atomic mass is 10.0. The maximum absolute atomic E-state index is 11.5. The molecule has 0 heterocycles. The second kappa shape index (κ2) is 8.05. The van der Waals surface area contributed by atoms with Crippen LogP contribution in [-0.4, -0.2) is 18.4 Å². The highest BCUT2D eigenvalue weighted by Gasteiger charge is 2.21. The molecule has 15 heavy (non-hydrogen) atoms. The minimum Gasteiger partial charge on any atom is -0.465 e. The van der Waals surface area contributed by atoms with Gasteiger partial charge in [-0.05, 0) is 26.7 Å². The summed E-state index contributed by atoms with van der Waals surface area (Å²) in [6.07, 6.45) is 7.74. The third-order valence-corrected chi connectivity index (χ3v) is 2.12. The van der Waals surface area contributed by atoms with Gasteiger partial charge in [-0.2, -0.15) is 0 Å². The van der Waals surface area contributed by atoms with Crippen molar-refractivity contribution in [1.29, 1.82) is 0 Å². The van der Waals surface area contributed by atoms with Gasteiger partial charge in [0.2, 0.25) is 0 Å². The first-order valence-corrected chi connectivity index (χ1v) is 5.26. The molecule has 0 aliphatic rings. The standard InChI is InChI=1S/C12H18O3/c1-4-6-7-8-9-11(13)10(3)12(14)15-5-2/h1,10H,5-9H2,2-3H3. The normalized spacial score (nSPS) is 11.5. The van der Waals surface area contributed by atoms with Crippen LogP contribution < -0.4 is 0 Å². The monoisotopic (exact) mass is 210 g/mol. The van der Waals surface area contributed by atoms with Crippen molar-refractivity contribution in [2.75, 3.05) is 6.61 Å². The average Bonchev–Trinajstić information content (AvgIpc) is 2.23. The van der Waals surface area contributed by atoms with E-state index in [9.17, 15) is 9.59 Å². The van der Waals surface area contributed by atoms with Gasteiger partial charge in [-0.3, -0.25) is 9.59 Å². The number of rotatable bonds is 7. The van der Waals surface area contributed by atoms with E-state index in [4.69, 9.17) is 11.2 Å². The number of terminal acetylenes is 1. The van der Waals surface area contributed by atoms with Crippen LogP contribution in [0.4, 0.5) is 0 Å². The molecule has 0 saturated heterocycles. The van der Waals surface area contributed by atoms with Gasteiger partial charge in [0.15, 0.2) is 0 Å². The zero-order valence-electron chi connectivity index (χ0n) is 9.41. The molecule has 3 nitrogen and oxygen atoms in total. The number of hydrogen-bond donors (Lipinski definition) is 0. The van der Waals surface area contributed by atoms with Crippen LogP contribution in [0.15, 0.2) is 0 Å². The van der Waals surface area contributed by atoms with Gasteiger partial charge in [0.1, 0.15) is 11.7 Å².